The Morgan fingerprint density at radius 3 is 1.29 bits per heavy atom. The van der Waals surface area contributed by atoms with E-state index in [-0.39, 0.29) is 43.9 Å². The number of hydrogen-bond donors (Lipinski definition) is 12. The first kappa shape index (κ1) is 54.5. The number of aliphatic hydroxyl groups is 10. The predicted octanol–water partition coefficient (Wildman–Crippen LogP) is -4.17. The summed E-state index contributed by atoms with van der Waals surface area (Å²) in [6.45, 7) is 0.185. The lowest BCUT2D eigenvalue weighted by Gasteiger charge is -2.48. The van der Waals surface area contributed by atoms with Crippen molar-refractivity contribution in [3.05, 3.63) is 0 Å². The number of aliphatic hydroxyl groups excluding tert-OH is 8. The maximum atomic E-state index is 15.0. The van der Waals surface area contributed by atoms with Crippen LogP contribution in [0.15, 0.2) is 0 Å². The normalized spacial score (nSPS) is 31.1. The van der Waals surface area contributed by atoms with Gasteiger partial charge in [0.1, 0.15) is 60.4 Å². The summed E-state index contributed by atoms with van der Waals surface area (Å²) in [5, 5.41) is 97.7. The highest BCUT2D eigenvalue weighted by atomic mass is 19.3. The summed E-state index contributed by atoms with van der Waals surface area (Å²) in [5.41, 5.74) is 11.2. The zero-order valence-corrected chi connectivity index (χ0v) is 33.4. The van der Waals surface area contributed by atoms with Crippen LogP contribution in [-0.2, 0) is 28.7 Å². The van der Waals surface area contributed by atoms with E-state index in [1.54, 1.807) is 0 Å². The molecule has 2 rings (SSSR count). The van der Waals surface area contributed by atoms with Gasteiger partial charge in [0.05, 0.1) is 38.4 Å². The second-order valence-electron chi connectivity index (χ2n) is 14.9. The van der Waals surface area contributed by atoms with Gasteiger partial charge in [-0.05, 0) is 52.4 Å². The second-order valence-corrected chi connectivity index (χ2v) is 14.9. The number of carbonyl (C=O) groups is 4. The molecule has 0 saturated carbocycles. The van der Waals surface area contributed by atoms with Crippen molar-refractivity contribution in [2.24, 2.45) is 11.5 Å². The lowest BCUT2D eigenvalue weighted by atomic mass is 9.88. The van der Waals surface area contributed by atoms with Crippen molar-refractivity contribution in [2.75, 3.05) is 39.4 Å². The molecule has 0 aromatic heterocycles. The summed E-state index contributed by atoms with van der Waals surface area (Å²) in [6.07, 6.45) is -15.2. The molecular weight excluding hydrogens is 808 g/mol. The number of carbonyl (C=O) groups excluding carboxylic acids is 4. The van der Waals surface area contributed by atoms with E-state index in [0.717, 1.165) is 16.7 Å². The van der Waals surface area contributed by atoms with Crippen molar-refractivity contribution in [2.45, 2.75) is 157 Å². The van der Waals surface area contributed by atoms with E-state index < -0.39 is 122 Å². The number of unbranched alkanes of at least 4 members (excludes halogenated alkanes) is 2. The molecule has 2 fully saturated rings. The summed E-state index contributed by atoms with van der Waals surface area (Å²) in [7, 11) is 0. The molecule has 24 heteroatoms. The fraction of sp³-hybridized carbons (Fsp3) is 0.886. The molecule has 0 radical (unpaired) electrons. The van der Waals surface area contributed by atoms with Gasteiger partial charge in [0.2, 0.25) is 11.8 Å². The van der Waals surface area contributed by atoms with Crippen LogP contribution < -0.4 is 11.5 Å². The Kier molecular flexibility index (Phi) is 21.3. The minimum atomic E-state index is -4.26. The zero-order valence-electron chi connectivity index (χ0n) is 33.4. The maximum Gasteiger partial charge on any atom is 0.320 e. The van der Waals surface area contributed by atoms with Crippen LogP contribution in [-0.4, -0.2) is 208 Å². The lowest BCUT2D eigenvalue weighted by molar-refractivity contribution is -0.411. The van der Waals surface area contributed by atoms with Crippen molar-refractivity contribution in [1.29, 1.82) is 0 Å². The number of halogens is 4. The van der Waals surface area contributed by atoms with E-state index in [0.29, 0.717) is 25.7 Å². The van der Waals surface area contributed by atoms with Crippen LogP contribution in [0.25, 0.3) is 0 Å². The van der Waals surface area contributed by atoms with E-state index in [9.17, 15) is 77.6 Å². The molecule has 14 N–H and O–H groups in total. The highest BCUT2D eigenvalue weighted by molar-refractivity contribution is 5.81. The Bertz CT molecular complexity index is 1370. The predicted molar refractivity (Wildman–Crippen MR) is 194 cm³/mol. The monoisotopic (exact) mass is 870 g/mol. The lowest BCUT2D eigenvalue weighted by Crippen LogP contribution is -2.73. The molecule has 0 unspecified atom stereocenters. The van der Waals surface area contributed by atoms with Crippen molar-refractivity contribution < 1.29 is 97.3 Å². The molecular formula is C35H62F4N4O16. The summed E-state index contributed by atoms with van der Waals surface area (Å²) in [5.74, 6) is -17.7. The molecule has 0 aliphatic carbocycles. The Hall–Kier alpha value is -2.56. The third kappa shape index (κ3) is 13.7. The number of ether oxygens (including phenoxy) is 2. The van der Waals surface area contributed by atoms with Gasteiger partial charge < -0.3 is 81.8 Å². The van der Waals surface area contributed by atoms with E-state index in [2.05, 4.69) is 9.47 Å². The Balaban J connectivity index is 0.000000590. The number of hydrogen-bond acceptors (Lipinski definition) is 18. The van der Waals surface area contributed by atoms with Gasteiger partial charge in [0, 0.05) is 26.4 Å². The molecule has 0 bridgehead atoms. The SMILES string of the molecule is CC(=O)[C@@H](N)CCCCN(CC(F)(F)[C@]1(O)O[C@H](CO)[C@H](O)[C@H](O)[C@H]1O)C(C)=O.CCC(=O)N(CCCC[C@H](N)C(C)=O)CC(F)(F)[C@]1(O)O[C@H](CO)[C@H](O)[C@H](O)[C@H]1O. The van der Waals surface area contributed by atoms with Crippen LogP contribution in [0.1, 0.15) is 72.6 Å². The molecule has 2 aliphatic heterocycles. The number of alkyl halides is 4. The van der Waals surface area contributed by atoms with Gasteiger partial charge in [-0.1, -0.05) is 6.92 Å². The van der Waals surface area contributed by atoms with Gasteiger partial charge in [0.25, 0.3) is 11.6 Å². The fourth-order valence-corrected chi connectivity index (χ4v) is 6.22. The minimum absolute atomic E-state index is 0.106. The van der Waals surface area contributed by atoms with Gasteiger partial charge in [-0.15, -0.1) is 0 Å². The summed E-state index contributed by atoms with van der Waals surface area (Å²) in [6, 6.07) is -1.37. The third-order valence-electron chi connectivity index (χ3n) is 10.3. The van der Waals surface area contributed by atoms with E-state index in [1.807, 2.05) is 0 Å². The largest absolute Gasteiger partial charge is 0.394 e. The smallest absolute Gasteiger partial charge is 0.320 e. The summed E-state index contributed by atoms with van der Waals surface area (Å²) < 4.78 is 69.0. The van der Waals surface area contributed by atoms with Crippen molar-refractivity contribution >= 4 is 23.4 Å². The van der Waals surface area contributed by atoms with Gasteiger partial charge in [-0.2, -0.15) is 17.6 Å². The first-order valence-electron chi connectivity index (χ1n) is 19.0. The Morgan fingerprint density at radius 1 is 0.644 bits per heavy atom. The van der Waals surface area contributed by atoms with Crippen LogP contribution in [0.3, 0.4) is 0 Å². The minimum Gasteiger partial charge on any atom is -0.394 e. The molecule has 20 nitrogen and oxygen atoms in total. The molecule has 0 aromatic carbocycles. The maximum absolute atomic E-state index is 15.0. The van der Waals surface area contributed by atoms with Crippen LogP contribution in [0.2, 0.25) is 0 Å². The number of nitrogens with zero attached hydrogens (tertiary/aromatic N) is 2. The molecule has 2 saturated heterocycles. The van der Waals surface area contributed by atoms with Gasteiger partial charge in [-0.25, -0.2) is 0 Å². The number of rotatable bonds is 21. The quantitative estimate of drug-likeness (QED) is 0.0385. The van der Waals surface area contributed by atoms with E-state index in [1.165, 1.54) is 20.8 Å². The Morgan fingerprint density at radius 2 is 0.983 bits per heavy atom. The molecule has 2 amide bonds. The first-order valence-corrected chi connectivity index (χ1v) is 19.0. The molecule has 0 spiro atoms. The zero-order chi connectivity index (χ0) is 45.8. The van der Waals surface area contributed by atoms with Gasteiger partial charge >= 0.3 is 11.8 Å². The molecule has 346 valence electrons. The molecule has 0 aromatic rings. The Labute approximate surface area is 338 Å². The number of ketones is 2. The van der Waals surface area contributed by atoms with Crippen LogP contribution in [0.5, 0.6) is 0 Å². The van der Waals surface area contributed by atoms with Crippen molar-refractivity contribution in [3.8, 4) is 0 Å². The van der Waals surface area contributed by atoms with Crippen molar-refractivity contribution in [1.82, 2.24) is 9.80 Å². The van der Waals surface area contributed by atoms with Crippen LogP contribution in [0, 0.1) is 0 Å². The summed E-state index contributed by atoms with van der Waals surface area (Å²) >= 11 is 0. The molecule has 59 heavy (non-hydrogen) atoms. The van der Waals surface area contributed by atoms with Gasteiger partial charge in [0.15, 0.2) is 0 Å². The fourth-order valence-electron chi connectivity index (χ4n) is 6.22. The van der Waals surface area contributed by atoms with E-state index in [4.69, 9.17) is 21.7 Å². The molecule has 2 aliphatic rings. The average molecular weight is 871 g/mol. The highest BCUT2D eigenvalue weighted by Crippen LogP contribution is 2.42. The topological polar surface area (TPSA) is 348 Å². The molecule has 12 atom stereocenters. The molecule has 2 heterocycles. The summed E-state index contributed by atoms with van der Waals surface area (Å²) in [4.78, 5) is 47.6. The van der Waals surface area contributed by atoms with Crippen LogP contribution in [0.4, 0.5) is 17.6 Å². The standard InChI is InChI=1S/C18H32F2N2O8.C17H30F2N2O8/c1-3-13(25)22(7-5-4-6-11(21)10(2)24)9-17(19,20)18(29)16(28)15(27)14(26)12(8-23)30-18;1-9(23)11(20)5-3-4-6-21(10(2)24)8-16(18,19)17(28)15(27)14(26)13(25)12(7-22)29-17/h11-12,14-16,23,26-29H,3-9,21H2,1-2H3;11-15,22,25-28H,3-8,20H2,1-2H3/t11-,12+,14-,15-,16+,18+;11-,12+,13-,14-,15+,17+/m00/s1. The number of nitrogens with two attached hydrogens (primary N) is 2. The second kappa shape index (κ2) is 23.0. The number of amides is 2. The third-order valence-corrected chi connectivity index (χ3v) is 10.3. The first-order chi connectivity index (χ1) is 27.1. The highest BCUT2D eigenvalue weighted by Gasteiger charge is 2.67. The average Bonchev–Trinajstić information content (AvgIpc) is 3.17. The van der Waals surface area contributed by atoms with Gasteiger partial charge in [-0.3, -0.25) is 19.2 Å². The van der Waals surface area contributed by atoms with E-state index >= 15 is 0 Å². The van der Waals surface area contributed by atoms with Crippen LogP contribution >= 0.6 is 0 Å². The number of Topliss-reactive ketones (excluding diaryl/α,β-unsaturated/α-hetero) is 2. The van der Waals surface area contributed by atoms with Crippen molar-refractivity contribution in [3.63, 3.8) is 0 Å².